The largest absolute Gasteiger partial charge is 0.461 e. The van der Waals surface area contributed by atoms with Gasteiger partial charge in [0.15, 0.2) is 0 Å². The lowest BCUT2D eigenvalue weighted by atomic mass is 10.1. The van der Waals surface area contributed by atoms with Crippen molar-refractivity contribution in [2.24, 2.45) is 0 Å². The molecule has 3 rings (SSSR count). The molecule has 0 unspecified atom stereocenters. The van der Waals surface area contributed by atoms with Crippen LogP contribution in [0.15, 0.2) is 16.5 Å². The molecule has 0 bridgehead atoms. The number of rotatable bonds is 6. The van der Waals surface area contributed by atoms with Crippen molar-refractivity contribution in [2.75, 3.05) is 26.8 Å². The van der Waals surface area contributed by atoms with Gasteiger partial charge in [0.25, 0.3) is 0 Å². The summed E-state index contributed by atoms with van der Waals surface area (Å²) in [5.41, 5.74) is 0. The topological polar surface area (TPSA) is 63.9 Å². The van der Waals surface area contributed by atoms with Crippen LogP contribution in [-0.4, -0.2) is 43.8 Å². The lowest BCUT2D eigenvalue weighted by molar-refractivity contribution is 0.104. The van der Waals surface area contributed by atoms with Crippen LogP contribution < -0.4 is 5.32 Å². The van der Waals surface area contributed by atoms with Crippen molar-refractivity contribution in [3.8, 4) is 0 Å². The molecule has 2 amide bonds. The number of furan rings is 1. The van der Waals surface area contributed by atoms with E-state index in [1.54, 1.807) is 7.11 Å². The molecule has 6 nitrogen and oxygen atoms in total. The Morgan fingerprint density at radius 2 is 2.30 bits per heavy atom. The molecule has 6 heteroatoms. The Bertz CT molecular complexity index is 510. The van der Waals surface area contributed by atoms with E-state index in [-0.39, 0.29) is 12.1 Å². The van der Waals surface area contributed by atoms with E-state index in [9.17, 15) is 4.79 Å². The zero-order chi connectivity index (χ0) is 16.1. The van der Waals surface area contributed by atoms with Crippen molar-refractivity contribution in [3.63, 3.8) is 0 Å². The fourth-order valence-electron chi connectivity index (χ4n) is 3.41. The number of methoxy groups -OCH3 is 1. The van der Waals surface area contributed by atoms with Gasteiger partial charge in [-0.1, -0.05) is 0 Å². The van der Waals surface area contributed by atoms with Crippen molar-refractivity contribution in [1.29, 1.82) is 0 Å². The molecule has 1 aromatic heterocycles. The highest BCUT2D eigenvalue weighted by Gasteiger charge is 2.32. The summed E-state index contributed by atoms with van der Waals surface area (Å²) in [6.45, 7) is 2.76. The maximum Gasteiger partial charge on any atom is 0.318 e. The van der Waals surface area contributed by atoms with Gasteiger partial charge in [-0.15, -0.1) is 0 Å². The van der Waals surface area contributed by atoms with Gasteiger partial charge in [0.2, 0.25) is 0 Å². The molecule has 0 saturated carbocycles. The third kappa shape index (κ3) is 4.06. The summed E-state index contributed by atoms with van der Waals surface area (Å²) in [5.74, 6) is 1.65. The molecule has 1 N–H and O–H groups in total. The van der Waals surface area contributed by atoms with Crippen LogP contribution in [0.4, 0.5) is 4.79 Å². The average molecular weight is 322 g/mol. The fraction of sp³-hybridized carbons (Fsp3) is 0.706. The number of likely N-dealkylation sites (tertiary alicyclic amines) is 1. The first kappa shape index (κ1) is 16.3. The number of urea groups is 1. The Morgan fingerprint density at radius 1 is 1.39 bits per heavy atom. The molecule has 0 radical (unpaired) electrons. The maximum absolute atomic E-state index is 12.4. The van der Waals surface area contributed by atoms with Crippen LogP contribution in [0.5, 0.6) is 0 Å². The number of hydrogen-bond donors (Lipinski definition) is 1. The normalized spacial score (nSPS) is 24.3. The highest BCUT2D eigenvalue weighted by molar-refractivity contribution is 5.75. The lowest BCUT2D eigenvalue weighted by Crippen LogP contribution is -2.40. The molecule has 0 aromatic carbocycles. The molecule has 2 fully saturated rings. The van der Waals surface area contributed by atoms with Gasteiger partial charge >= 0.3 is 6.03 Å². The van der Waals surface area contributed by atoms with E-state index >= 15 is 0 Å². The molecule has 3 heterocycles. The molecule has 128 valence electrons. The second-order valence-electron chi connectivity index (χ2n) is 6.24. The van der Waals surface area contributed by atoms with E-state index < -0.39 is 0 Å². The SMILES string of the molecule is COCc1ccc([C@@H]2CCCN2C(=O)NCC[C@H]2CCCO2)o1. The molecule has 1 aromatic rings. The molecule has 0 spiro atoms. The van der Waals surface area contributed by atoms with Gasteiger partial charge in [-0.05, 0) is 44.2 Å². The van der Waals surface area contributed by atoms with Crippen LogP contribution >= 0.6 is 0 Å². The van der Waals surface area contributed by atoms with E-state index in [1.165, 1.54) is 0 Å². The number of nitrogens with zero attached hydrogens (tertiary/aromatic N) is 1. The van der Waals surface area contributed by atoms with Gasteiger partial charge in [0.1, 0.15) is 18.1 Å². The Hall–Kier alpha value is -1.53. The van der Waals surface area contributed by atoms with Crippen LogP contribution in [0.25, 0.3) is 0 Å². The lowest BCUT2D eigenvalue weighted by Gasteiger charge is -2.24. The molecular weight excluding hydrogens is 296 g/mol. The van der Waals surface area contributed by atoms with Crippen LogP contribution in [-0.2, 0) is 16.1 Å². The highest BCUT2D eigenvalue weighted by Crippen LogP contribution is 2.33. The van der Waals surface area contributed by atoms with E-state index in [0.717, 1.165) is 56.8 Å². The summed E-state index contributed by atoms with van der Waals surface area (Å²) >= 11 is 0. The summed E-state index contributed by atoms with van der Waals surface area (Å²) in [6.07, 6.45) is 5.39. The summed E-state index contributed by atoms with van der Waals surface area (Å²) in [4.78, 5) is 14.3. The van der Waals surface area contributed by atoms with Crippen molar-refractivity contribution in [2.45, 2.75) is 50.9 Å². The summed E-state index contributed by atoms with van der Waals surface area (Å²) in [5, 5.41) is 3.02. The van der Waals surface area contributed by atoms with E-state index in [0.29, 0.717) is 19.3 Å². The summed E-state index contributed by atoms with van der Waals surface area (Å²) in [7, 11) is 1.64. The van der Waals surface area contributed by atoms with E-state index in [4.69, 9.17) is 13.9 Å². The molecule has 0 aliphatic carbocycles. The number of hydrogen-bond acceptors (Lipinski definition) is 4. The molecule has 23 heavy (non-hydrogen) atoms. The van der Waals surface area contributed by atoms with Crippen LogP contribution in [0.3, 0.4) is 0 Å². The smallest absolute Gasteiger partial charge is 0.318 e. The Labute approximate surface area is 137 Å². The fourth-order valence-corrected chi connectivity index (χ4v) is 3.41. The number of carbonyl (C=O) groups excluding carboxylic acids is 1. The van der Waals surface area contributed by atoms with Crippen molar-refractivity contribution in [3.05, 3.63) is 23.7 Å². The van der Waals surface area contributed by atoms with Crippen LogP contribution in [0, 0.1) is 0 Å². The van der Waals surface area contributed by atoms with Crippen molar-refractivity contribution in [1.82, 2.24) is 10.2 Å². The maximum atomic E-state index is 12.4. The second kappa shape index (κ2) is 7.84. The standard InChI is InChI=1S/C17H26N2O4/c1-21-12-14-6-7-16(23-14)15-5-2-10-19(15)17(20)18-9-8-13-4-3-11-22-13/h6-7,13,15H,2-5,8-12H2,1H3,(H,18,20)/t13-,15+/m1/s1. The monoisotopic (exact) mass is 322 g/mol. The molecular formula is C17H26N2O4. The van der Waals surface area contributed by atoms with E-state index in [1.807, 2.05) is 17.0 Å². The van der Waals surface area contributed by atoms with E-state index in [2.05, 4.69) is 5.32 Å². The first-order valence-corrected chi connectivity index (χ1v) is 8.51. The number of ether oxygens (including phenoxy) is 2. The predicted octanol–water partition coefficient (Wildman–Crippen LogP) is 2.84. The third-order valence-corrected chi connectivity index (χ3v) is 4.58. The quantitative estimate of drug-likeness (QED) is 0.875. The van der Waals surface area contributed by atoms with Gasteiger partial charge in [-0.3, -0.25) is 0 Å². The summed E-state index contributed by atoms with van der Waals surface area (Å²) in [6, 6.07) is 3.90. The zero-order valence-electron chi connectivity index (χ0n) is 13.8. The van der Waals surface area contributed by atoms with Gasteiger partial charge in [-0.2, -0.15) is 0 Å². The summed E-state index contributed by atoms with van der Waals surface area (Å²) < 4.78 is 16.5. The van der Waals surface area contributed by atoms with Crippen molar-refractivity contribution < 1.29 is 18.7 Å². The van der Waals surface area contributed by atoms with Gasteiger partial charge in [-0.25, -0.2) is 4.79 Å². The third-order valence-electron chi connectivity index (χ3n) is 4.58. The van der Waals surface area contributed by atoms with Crippen LogP contribution in [0.1, 0.15) is 49.7 Å². The minimum absolute atomic E-state index is 0.00446. The number of nitrogens with one attached hydrogen (secondary N) is 1. The second-order valence-corrected chi connectivity index (χ2v) is 6.24. The first-order valence-electron chi connectivity index (χ1n) is 8.51. The van der Waals surface area contributed by atoms with Gasteiger partial charge in [0.05, 0.1) is 12.1 Å². The predicted molar refractivity (Wildman–Crippen MR) is 85.1 cm³/mol. The average Bonchev–Trinajstić information content (AvgIpc) is 3.28. The number of amides is 2. The number of carbonyl (C=O) groups is 1. The van der Waals surface area contributed by atoms with Crippen molar-refractivity contribution >= 4 is 6.03 Å². The Morgan fingerprint density at radius 3 is 3.09 bits per heavy atom. The zero-order valence-corrected chi connectivity index (χ0v) is 13.8. The Kier molecular flexibility index (Phi) is 5.56. The molecule has 2 atom stereocenters. The van der Waals surface area contributed by atoms with Crippen LogP contribution in [0.2, 0.25) is 0 Å². The molecule has 2 aliphatic rings. The van der Waals surface area contributed by atoms with Gasteiger partial charge in [0, 0.05) is 26.8 Å². The Balaban J connectivity index is 1.51. The first-order chi connectivity index (χ1) is 11.3. The minimum atomic E-state index is -0.00446. The molecule has 2 saturated heterocycles. The van der Waals surface area contributed by atoms with Gasteiger partial charge < -0.3 is 24.1 Å². The highest BCUT2D eigenvalue weighted by atomic mass is 16.5. The molecule has 2 aliphatic heterocycles. The minimum Gasteiger partial charge on any atom is -0.461 e.